The van der Waals surface area contributed by atoms with Crippen LogP contribution in [0.2, 0.25) is 0 Å². The van der Waals surface area contributed by atoms with Gasteiger partial charge in [0.05, 0.1) is 22.1 Å². The van der Waals surface area contributed by atoms with Crippen LogP contribution in [0.3, 0.4) is 0 Å². The zero-order valence-corrected chi connectivity index (χ0v) is 14.9. The summed E-state index contributed by atoms with van der Waals surface area (Å²) in [6, 6.07) is 26.4. The fourth-order valence-corrected chi connectivity index (χ4v) is 4.21. The van der Waals surface area contributed by atoms with Crippen LogP contribution >= 0.6 is 0 Å². The Morgan fingerprint density at radius 2 is 1.50 bits per heavy atom. The van der Waals surface area contributed by atoms with Crippen LogP contribution in [0.15, 0.2) is 96.0 Å². The number of benzene rings is 3. The molecule has 4 heteroatoms. The number of rotatable bonds is 4. The van der Waals surface area contributed by atoms with Gasteiger partial charge >= 0.3 is 0 Å². The van der Waals surface area contributed by atoms with E-state index in [4.69, 9.17) is 0 Å². The number of aromatic nitrogens is 1. The monoisotopic (exact) mass is 359 g/mol. The lowest BCUT2D eigenvalue weighted by Gasteiger charge is -2.09. The van der Waals surface area contributed by atoms with Crippen LogP contribution in [-0.2, 0) is 16.6 Å². The molecule has 0 saturated carbocycles. The second-order valence-corrected chi connectivity index (χ2v) is 7.47. The Morgan fingerprint density at radius 3 is 2.23 bits per heavy atom. The molecule has 0 bridgehead atoms. The SMILES string of the molecule is O=C(c1ccccc1)n1ccc2cccc(CS(=O)c3ccccc3)c21. The van der Waals surface area contributed by atoms with Gasteiger partial charge in [-0.2, -0.15) is 0 Å². The van der Waals surface area contributed by atoms with Gasteiger partial charge in [0.25, 0.3) is 5.91 Å². The summed E-state index contributed by atoms with van der Waals surface area (Å²) in [7, 11) is -1.17. The molecule has 0 saturated heterocycles. The molecule has 0 N–H and O–H groups in total. The van der Waals surface area contributed by atoms with Crippen LogP contribution < -0.4 is 0 Å². The Labute approximate surface area is 154 Å². The number of hydrogen-bond acceptors (Lipinski definition) is 2. The summed E-state index contributed by atoms with van der Waals surface area (Å²) in [4.78, 5) is 13.7. The topological polar surface area (TPSA) is 39.1 Å². The highest BCUT2D eigenvalue weighted by Crippen LogP contribution is 2.24. The molecule has 1 unspecified atom stereocenters. The van der Waals surface area contributed by atoms with Crippen molar-refractivity contribution in [1.82, 2.24) is 4.57 Å². The predicted molar refractivity (Wildman–Crippen MR) is 105 cm³/mol. The van der Waals surface area contributed by atoms with Crippen LogP contribution in [0.1, 0.15) is 15.9 Å². The number of carbonyl (C=O) groups excluding carboxylic acids is 1. The van der Waals surface area contributed by atoms with Crippen molar-refractivity contribution in [2.24, 2.45) is 0 Å². The lowest BCUT2D eigenvalue weighted by atomic mass is 10.1. The smallest absolute Gasteiger partial charge is 0.262 e. The lowest BCUT2D eigenvalue weighted by molar-refractivity contribution is 0.0965. The fourth-order valence-electron chi connectivity index (χ4n) is 3.07. The molecule has 0 spiro atoms. The summed E-state index contributed by atoms with van der Waals surface area (Å²) in [5.41, 5.74) is 2.36. The summed E-state index contributed by atoms with van der Waals surface area (Å²) >= 11 is 0. The van der Waals surface area contributed by atoms with Gasteiger partial charge < -0.3 is 0 Å². The van der Waals surface area contributed by atoms with E-state index in [1.165, 1.54) is 0 Å². The molecule has 1 aromatic heterocycles. The molecule has 3 nitrogen and oxygen atoms in total. The molecular formula is C22H17NO2S. The zero-order chi connectivity index (χ0) is 17.9. The lowest BCUT2D eigenvalue weighted by Crippen LogP contribution is -2.12. The van der Waals surface area contributed by atoms with E-state index in [2.05, 4.69) is 0 Å². The second kappa shape index (κ2) is 7.10. The van der Waals surface area contributed by atoms with Crippen LogP contribution in [0.4, 0.5) is 0 Å². The Balaban J connectivity index is 1.76. The molecular weight excluding hydrogens is 342 g/mol. The average Bonchev–Trinajstić information content (AvgIpc) is 3.14. The second-order valence-electron chi connectivity index (χ2n) is 6.01. The Morgan fingerprint density at radius 1 is 0.808 bits per heavy atom. The van der Waals surface area contributed by atoms with Crippen molar-refractivity contribution in [3.63, 3.8) is 0 Å². The fraction of sp³-hybridized carbons (Fsp3) is 0.0455. The van der Waals surface area contributed by atoms with Gasteiger partial charge in [0, 0.05) is 22.0 Å². The maximum absolute atomic E-state index is 12.9. The van der Waals surface area contributed by atoms with E-state index in [1.807, 2.05) is 72.8 Å². The third kappa shape index (κ3) is 3.11. The van der Waals surface area contributed by atoms with Crippen molar-refractivity contribution in [3.05, 3.63) is 102 Å². The minimum absolute atomic E-state index is 0.0847. The highest BCUT2D eigenvalue weighted by molar-refractivity contribution is 7.84. The molecule has 0 aliphatic heterocycles. The largest absolute Gasteiger partial charge is 0.283 e. The number of nitrogens with zero attached hydrogens (tertiary/aromatic N) is 1. The first-order valence-corrected chi connectivity index (χ1v) is 9.68. The van der Waals surface area contributed by atoms with Gasteiger partial charge in [-0.3, -0.25) is 13.6 Å². The van der Waals surface area contributed by atoms with Gasteiger partial charge in [-0.05, 0) is 35.9 Å². The number of carbonyl (C=O) groups is 1. The molecule has 0 radical (unpaired) electrons. The first kappa shape index (κ1) is 16.5. The molecule has 4 aromatic rings. The first-order valence-electron chi connectivity index (χ1n) is 8.36. The predicted octanol–water partition coefficient (Wildman–Crippen LogP) is 4.64. The van der Waals surface area contributed by atoms with Crippen LogP contribution in [0.25, 0.3) is 10.9 Å². The van der Waals surface area contributed by atoms with E-state index in [0.717, 1.165) is 21.4 Å². The molecule has 4 rings (SSSR count). The van der Waals surface area contributed by atoms with Gasteiger partial charge in [0.1, 0.15) is 0 Å². The molecule has 26 heavy (non-hydrogen) atoms. The van der Waals surface area contributed by atoms with Crippen LogP contribution in [-0.4, -0.2) is 14.7 Å². The quantitative estimate of drug-likeness (QED) is 0.532. The van der Waals surface area contributed by atoms with E-state index < -0.39 is 10.8 Å². The van der Waals surface area contributed by atoms with E-state index in [1.54, 1.807) is 22.9 Å². The van der Waals surface area contributed by atoms with Gasteiger partial charge in [-0.25, -0.2) is 0 Å². The van der Waals surface area contributed by atoms with Gasteiger partial charge in [0.15, 0.2) is 0 Å². The Hall–Kier alpha value is -2.98. The Bertz CT molecular complexity index is 1090. The third-order valence-electron chi connectivity index (χ3n) is 4.33. The number of para-hydroxylation sites is 1. The van der Waals surface area contributed by atoms with Crippen LogP contribution in [0, 0.1) is 0 Å². The Kier molecular flexibility index (Phi) is 4.50. The maximum atomic E-state index is 12.9. The molecule has 0 aliphatic rings. The molecule has 1 heterocycles. The minimum atomic E-state index is -1.17. The van der Waals surface area contributed by atoms with Crippen molar-refractivity contribution in [3.8, 4) is 0 Å². The van der Waals surface area contributed by atoms with Gasteiger partial charge in [0.2, 0.25) is 0 Å². The van der Waals surface area contributed by atoms with Crippen molar-refractivity contribution in [2.75, 3.05) is 0 Å². The van der Waals surface area contributed by atoms with E-state index in [0.29, 0.717) is 11.3 Å². The first-order chi connectivity index (χ1) is 12.7. The van der Waals surface area contributed by atoms with Gasteiger partial charge in [-0.1, -0.05) is 54.6 Å². The molecule has 3 aromatic carbocycles. The molecule has 0 amide bonds. The van der Waals surface area contributed by atoms with E-state index in [9.17, 15) is 9.00 Å². The normalized spacial score (nSPS) is 12.2. The van der Waals surface area contributed by atoms with Crippen LogP contribution in [0.5, 0.6) is 0 Å². The average molecular weight is 359 g/mol. The van der Waals surface area contributed by atoms with Crippen molar-refractivity contribution >= 4 is 27.6 Å². The van der Waals surface area contributed by atoms with E-state index >= 15 is 0 Å². The van der Waals surface area contributed by atoms with Gasteiger partial charge in [-0.15, -0.1) is 0 Å². The van der Waals surface area contributed by atoms with E-state index in [-0.39, 0.29) is 5.91 Å². The number of fused-ring (bicyclic) bond motifs is 1. The molecule has 128 valence electrons. The highest BCUT2D eigenvalue weighted by atomic mass is 32.2. The van der Waals surface area contributed by atoms with Crippen molar-refractivity contribution in [2.45, 2.75) is 10.6 Å². The third-order valence-corrected chi connectivity index (χ3v) is 5.70. The summed E-state index contributed by atoms with van der Waals surface area (Å²) in [6.07, 6.45) is 1.79. The van der Waals surface area contributed by atoms with Crippen molar-refractivity contribution < 1.29 is 9.00 Å². The summed E-state index contributed by atoms with van der Waals surface area (Å²) < 4.78 is 14.4. The summed E-state index contributed by atoms with van der Waals surface area (Å²) in [5, 5.41) is 0.969. The molecule has 1 atom stereocenters. The van der Waals surface area contributed by atoms with Crippen molar-refractivity contribution in [1.29, 1.82) is 0 Å². The number of hydrogen-bond donors (Lipinski definition) is 0. The highest BCUT2D eigenvalue weighted by Gasteiger charge is 2.15. The summed E-state index contributed by atoms with van der Waals surface area (Å²) in [5.74, 6) is 0.284. The molecule has 0 aliphatic carbocycles. The summed E-state index contributed by atoms with van der Waals surface area (Å²) in [6.45, 7) is 0. The maximum Gasteiger partial charge on any atom is 0.262 e. The molecule has 0 fully saturated rings. The standard InChI is InChI=1S/C22H17NO2S/c24-22(18-8-3-1-4-9-18)23-15-14-17-10-7-11-19(21(17)23)16-26(25)20-12-5-2-6-13-20/h1-15H,16H2. The minimum Gasteiger partial charge on any atom is -0.283 e. The zero-order valence-electron chi connectivity index (χ0n) is 14.0.